The molecule has 3 N–H and O–H groups in total. The number of amides is 1. The van der Waals surface area contributed by atoms with Gasteiger partial charge < -0.3 is 15.6 Å². The molecule has 10 heteroatoms. The van der Waals surface area contributed by atoms with E-state index in [9.17, 15) is 13.6 Å². The maximum absolute atomic E-state index is 12.4. The van der Waals surface area contributed by atoms with Gasteiger partial charge >= 0.3 is 0 Å². The molecule has 0 aliphatic rings. The molecule has 3 rings (SSSR count). The number of alkyl halides is 2. The number of rotatable bonds is 6. The van der Waals surface area contributed by atoms with Gasteiger partial charge in [0, 0.05) is 35.1 Å². The molecule has 3 aromatic heterocycles. The van der Waals surface area contributed by atoms with E-state index in [1.807, 2.05) is 0 Å². The number of nitrogens with one attached hydrogen (secondary N) is 3. The number of H-pyrrole nitrogens is 1. The summed E-state index contributed by atoms with van der Waals surface area (Å²) in [5.41, 5.74) is 0.892. The Morgan fingerprint density at radius 2 is 2.07 bits per heavy atom. The number of carbonyl (C=O) groups is 1. The molecule has 0 saturated heterocycles. The fraction of sp³-hybridized carbons (Fsp3) is 0.333. The first kappa shape index (κ1) is 19.9. The molecular weight excluding hydrogens is 390 g/mol. The first-order valence-corrected chi connectivity index (χ1v) is 8.86. The molecule has 0 fully saturated rings. The van der Waals surface area contributed by atoms with E-state index in [1.54, 1.807) is 39.2 Å². The molecule has 7 nitrogen and oxygen atoms in total. The van der Waals surface area contributed by atoms with Crippen LogP contribution >= 0.6 is 11.6 Å². The molecule has 0 aliphatic heterocycles. The summed E-state index contributed by atoms with van der Waals surface area (Å²) in [5, 5.41) is 6.47. The standard InChI is InChI=1S/C18H19ClF2N6O/c1-9-5-22-16(12-7-24-15-11(12)4-10(19)6-23-15)26-14(9)27-18(2,3)17(28)25-8-13(20)21/h4-7,13H,8H2,1-3H3,(H,23,24)(H,25,28)(H,22,26,27). The van der Waals surface area contributed by atoms with Crippen LogP contribution in [0.25, 0.3) is 22.4 Å². The smallest absolute Gasteiger partial charge is 0.255 e. The van der Waals surface area contributed by atoms with Crippen molar-refractivity contribution in [3.63, 3.8) is 0 Å². The van der Waals surface area contributed by atoms with Gasteiger partial charge in [-0.1, -0.05) is 11.6 Å². The van der Waals surface area contributed by atoms with Gasteiger partial charge in [0.1, 0.15) is 17.0 Å². The van der Waals surface area contributed by atoms with Gasteiger partial charge in [-0.05, 0) is 26.8 Å². The average Bonchev–Trinajstić information content (AvgIpc) is 3.04. The number of nitrogens with zero attached hydrogens (tertiary/aromatic N) is 3. The summed E-state index contributed by atoms with van der Waals surface area (Å²) in [4.78, 5) is 28.4. The van der Waals surface area contributed by atoms with Crippen molar-refractivity contribution in [2.75, 3.05) is 11.9 Å². The highest BCUT2D eigenvalue weighted by Crippen LogP contribution is 2.28. The topological polar surface area (TPSA) is 95.6 Å². The predicted molar refractivity (Wildman–Crippen MR) is 104 cm³/mol. The number of aromatic amines is 1. The third-order valence-corrected chi connectivity index (χ3v) is 4.33. The number of pyridine rings is 1. The van der Waals surface area contributed by atoms with Crippen molar-refractivity contribution in [3.8, 4) is 11.4 Å². The summed E-state index contributed by atoms with van der Waals surface area (Å²) in [7, 11) is 0. The van der Waals surface area contributed by atoms with Gasteiger partial charge in [-0.3, -0.25) is 4.79 Å². The van der Waals surface area contributed by atoms with Crippen molar-refractivity contribution in [2.45, 2.75) is 32.7 Å². The second kappa shape index (κ2) is 7.67. The summed E-state index contributed by atoms with van der Waals surface area (Å²) >= 11 is 6.04. The summed E-state index contributed by atoms with van der Waals surface area (Å²) in [5.74, 6) is 0.272. The van der Waals surface area contributed by atoms with E-state index >= 15 is 0 Å². The van der Waals surface area contributed by atoms with Crippen LogP contribution in [0.2, 0.25) is 5.02 Å². The fourth-order valence-corrected chi connectivity index (χ4v) is 2.76. The van der Waals surface area contributed by atoms with Crippen LogP contribution in [0, 0.1) is 6.92 Å². The van der Waals surface area contributed by atoms with E-state index in [1.165, 1.54) is 6.20 Å². The quantitative estimate of drug-likeness (QED) is 0.579. The van der Waals surface area contributed by atoms with E-state index in [-0.39, 0.29) is 0 Å². The van der Waals surface area contributed by atoms with Crippen molar-refractivity contribution in [1.82, 2.24) is 25.3 Å². The third kappa shape index (κ3) is 4.19. The van der Waals surface area contributed by atoms with Gasteiger partial charge in [-0.2, -0.15) is 0 Å². The van der Waals surface area contributed by atoms with E-state index in [0.29, 0.717) is 33.4 Å². The number of aryl methyl sites for hydroxylation is 1. The van der Waals surface area contributed by atoms with Gasteiger partial charge in [-0.15, -0.1) is 0 Å². The first-order chi connectivity index (χ1) is 13.2. The molecular formula is C18H19ClF2N6O. The second-order valence-corrected chi connectivity index (χ2v) is 7.26. The zero-order chi connectivity index (χ0) is 20.5. The van der Waals surface area contributed by atoms with Crippen molar-refractivity contribution in [3.05, 3.63) is 35.2 Å². The molecule has 3 aromatic rings. The monoisotopic (exact) mass is 408 g/mol. The summed E-state index contributed by atoms with van der Waals surface area (Å²) in [6.07, 6.45) is 2.26. The third-order valence-electron chi connectivity index (χ3n) is 4.13. The van der Waals surface area contributed by atoms with Crippen LogP contribution in [0.15, 0.2) is 24.7 Å². The Morgan fingerprint density at radius 1 is 1.32 bits per heavy atom. The van der Waals surface area contributed by atoms with Crippen LogP contribution in [-0.2, 0) is 4.79 Å². The lowest BCUT2D eigenvalue weighted by Gasteiger charge is -2.26. The Morgan fingerprint density at radius 3 is 2.79 bits per heavy atom. The minimum atomic E-state index is -2.62. The molecule has 0 atom stereocenters. The lowest BCUT2D eigenvalue weighted by atomic mass is 10.0. The number of hydrogen-bond donors (Lipinski definition) is 3. The Balaban J connectivity index is 1.91. The number of halogens is 3. The zero-order valence-electron chi connectivity index (χ0n) is 15.5. The molecule has 148 valence electrons. The average molecular weight is 409 g/mol. The van der Waals surface area contributed by atoms with Crippen LogP contribution < -0.4 is 10.6 Å². The Kier molecular flexibility index (Phi) is 5.46. The maximum Gasteiger partial charge on any atom is 0.255 e. The van der Waals surface area contributed by atoms with Crippen molar-refractivity contribution >= 4 is 34.4 Å². The van der Waals surface area contributed by atoms with Crippen molar-refractivity contribution in [2.24, 2.45) is 0 Å². The number of hydrogen-bond acceptors (Lipinski definition) is 5. The second-order valence-electron chi connectivity index (χ2n) is 6.83. The molecule has 3 heterocycles. The molecule has 0 radical (unpaired) electrons. The van der Waals surface area contributed by atoms with Crippen LogP contribution in [0.4, 0.5) is 14.6 Å². The molecule has 28 heavy (non-hydrogen) atoms. The van der Waals surface area contributed by atoms with E-state index in [2.05, 4.69) is 30.6 Å². The zero-order valence-corrected chi connectivity index (χ0v) is 16.2. The van der Waals surface area contributed by atoms with Crippen LogP contribution in [0.1, 0.15) is 19.4 Å². The maximum atomic E-state index is 12.4. The van der Waals surface area contributed by atoms with Gasteiger partial charge in [-0.25, -0.2) is 23.7 Å². The summed E-state index contributed by atoms with van der Waals surface area (Å²) < 4.78 is 24.7. The largest absolute Gasteiger partial charge is 0.356 e. The predicted octanol–water partition coefficient (Wildman–Crippen LogP) is 3.55. The molecule has 0 bridgehead atoms. The van der Waals surface area contributed by atoms with Gasteiger partial charge in [0.2, 0.25) is 5.91 Å². The molecule has 0 aliphatic carbocycles. The normalized spacial score (nSPS) is 11.8. The van der Waals surface area contributed by atoms with E-state index in [0.717, 1.165) is 5.39 Å². The SMILES string of the molecule is Cc1cnc(-c2c[nH]c3ncc(Cl)cc23)nc1NC(C)(C)C(=O)NCC(F)F. The highest BCUT2D eigenvalue weighted by molar-refractivity contribution is 6.31. The number of anilines is 1. The fourth-order valence-electron chi connectivity index (χ4n) is 2.60. The van der Waals surface area contributed by atoms with Gasteiger partial charge in [0.05, 0.1) is 11.6 Å². The van der Waals surface area contributed by atoms with Gasteiger partial charge in [0.15, 0.2) is 5.82 Å². The van der Waals surface area contributed by atoms with Crippen LogP contribution in [0.5, 0.6) is 0 Å². The summed E-state index contributed by atoms with van der Waals surface area (Å²) in [6, 6.07) is 1.76. The van der Waals surface area contributed by atoms with E-state index in [4.69, 9.17) is 11.6 Å². The Hall–Kier alpha value is -2.81. The highest BCUT2D eigenvalue weighted by Gasteiger charge is 2.29. The number of aromatic nitrogens is 4. The van der Waals surface area contributed by atoms with Crippen LogP contribution in [-0.4, -0.2) is 44.4 Å². The minimum Gasteiger partial charge on any atom is -0.356 e. The molecule has 0 spiro atoms. The lowest BCUT2D eigenvalue weighted by molar-refractivity contribution is -0.125. The highest BCUT2D eigenvalue weighted by atomic mass is 35.5. The van der Waals surface area contributed by atoms with Crippen LogP contribution in [0.3, 0.4) is 0 Å². The first-order valence-electron chi connectivity index (χ1n) is 8.48. The number of carbonyl (C=O) groups excluding carboxylic acids is 1. The minimum absolute atomic E-state index is 0.409. The summed E-state index contributed by atoms with van der Waals surface area (Å²) in [6.45, 7) is 4.25. The number of fused-ring (bicyclic) bond motifs is 1. The van der Waals surface area contributed by atoms with E-state index < -0.39 is 24.4 Å². The lowest BCUT2D eigenvalue weighted by Crippen LogP contribution is -2.49. The molecule has 0 unspecified atom stereocenters. The van der Waals surface area contributed by atoms with Crippen molar-refractivity contribution in [1.29, 1.82) is 0 Å². The van der Waals surface area contributed by atoms with Gasteiger partial charge in [0.25, 0.3) is 6.43 Å². The molecule has 0 aromatic carbocycles. The Bertz CT molecular complexity index is 1020. The molecule has 1 amide bonds. The van der Waals surface area contributed by atoms with Crippen molar-refractivity contribution < 1.29 is 13.6 Å². The molecule has 0 saturated carbocycles. The Labute approximate surface area is 164 Å².